The van der Waals surface area contributed by atoms with Gasteiger partial charge in [-0.15, -0.1) is 0 Å². The summed E-state index contributed by atoms with van der Waals surface area (Å²) in [6.07, 6.45) is 3.94. The molecular formula is C12H15FN4O2. The van der Waals surface area contributed by atoms with E-state index in [0.29, 0.717) is 12.5 Å². The maximum absolute atomic E-state index is 12.8. The van der Waals surface area contributed by atoms with Crippen molar-refractivity contribution in [3.05, 3.63) is 18.2 Å². The molecule has 2 fully saturated rings. The van der Waals surface area contributed by atoms with Crippen molar-refractivity contribution < 1.29 is 13.9 Å². The van der Waals surface area contributed by atoms with Crippen molar-refractivity contribution >= 4 is 11.9 Å². The van der Waals surface area contributed by atoms with Crippen molar-refractivity contribution in [2.24, 2.45) is 0 Å². The highest BCUT2D eigenvalue weighted by Gasteiger charge is 2.39. The maximum atomic E-state index is 12.8. The highest BCUT2D eigenvalue weighted by Crippen LogP contribution is 2.28. The van der Waals surface area contributed by atoms with Crippen LogP contribution in [0.2, 0.25) is 0 Å². The number of halogens is 1. The molecule has 3 rings (SSSR count). The van der Waals surface area contributed by atoms with Crippen LogP contribution in [0, 0.1) is 5.82 Å². The molecule has 2 aliphatic heterocycles. The molecule has 102 valence electrons. The predicted octanol–water partition coefficient (Wildman–Crippen LogP) is 0.101. The second-order valence-corrected chi connectivity index (χ2v) is 4.94. The van der Waals surface area contributed by atoms with E-state index in [1.165, 1.54) is 12.4 Å². The molecule has 1 spiro atoms. The van der Waals surface area contributed by atoms with Crippen LogP contribution in [0.4, 0.5) is 10.3 Å². The molecular weight excluding hydrogens is 251 g/mol. The largest absolute Gasteiger partial charge is 0.363 e. The van der Waals surface area contributed by atoms with Crippen LogP contribution in [0.1, 0.15) is 12.8 Å². The van der Waals surface area contributed by atoms with Crippen LogP contribution in [-0.4, -0.2) is 47.7 Å². The number of nitrogens with one attached hydrogen (secondary N) is 1. The van der Waals surface area contributed by atoms with Gasteiger partial charge < -0.3 is 15.0 Å². The molecule has 6 nitrogen and oxygen atoms in total. The summed E-state index contributed by atoms with van der Waals surface area (Å²) >= 11 is 0. The third-order valence-electron chi connectivity index (χ3n) is 3.68. The van der Waals surface area contributed by atoms with Gasteiger partial charge in [0.2, 0.25) is 11.9 Å². The fourth-order valence-electron chi connectivity index (χ4n) is 2.48. The number of hydrogen-bond acceptors (Lipinski definition) is 5. The van der Waals surface area contributed by atoms with E-state index in [1.807, 2.05) is 4.90 Å². The van der Waals surface area contributed by atoms with Crippen molar-refractivity contribution in [1.82, 2.24) is 15.3 Å². The molecule has 7 heteroatoms. The second kappa shape index (κ2) is 4.73. The lowest BCUT2D eigenvalue weighted by molar-refractivity contribution is -0.146. The van der Waals surface area contributed by atoms with Crippen LogP contribution >= 0.6 is 0 Å². The highest BCUT2D eigenvalue weighted by molar-refractivity contribution is 5.78. The van der Waals surface area contributed by atoms with E-state index in [0.717, 1.165) is 25.9 Å². The summed E-state index contributed by atoms with van der Waals surface area (Å²) in [5, 5.41) is 2.84. The summed E-state index contributed by atoms with van der Waals surface area (Å²) < 4.78 is 18.5. The van der Waals surface area contributed by atoms with E-state index in [9.17, 15) is 9.18 Å². The number of carbonyl (C=O) groups is 1. The summed E-state index contributed by atoms with van der Waals surface area (Å²) in [4.78, 5) is 21.1. The van der Waals surface area contributed by atoms with Crippen LogP contribution < -0.4 is 10.2 Å². The summed E-state index contributed by atoms with van der Waals surface area (Å²) in [5.41, 5.74) is -0.259. The van der Waals surface area contributed by atoms with Crippen molar-refractivity contribution in [3.63, 3.8) is 0 Å². The predicted molar refractivity (Wildman–Crippen MR) is 65.1 cm³/mol. The van der Waals surface area contributed by atoms with Crippen LogP contribution in [0.3, 0.4) is 0 Å². The number of anilines is 1. The third-order valence-corrected chi connectivity index (χ3v) is 3.68. The molecule has 0 aromatic carbocycles. The Kier molecular flexibility index (Phi) is 3.06. The Bertz CT molecular complexity index is 459. The molecule has 0 radical (unpaired) electrons. The summed E-state index contributed by atoms with van der Waals surface area (Å²) in [7, 11) is 0. The zero-order valence-electron chi connectivity index (χ0n) is 10.4. The SMILES string of the molecule is O=C1COC2(CCN(c3ncc(F)cn3)CC2)CN1. The molecule has 0 atom stereocenters. The number of aromatic nitrogens is 2. The zero-order chi connectivity index (χ0) is 13.3. The molecule has 1 aromatic rings. The summed E-state index contributed by atoms with van der Waals surface area (Å²) in [6, 6.07) is 0. The van der Waals surface area contributed by atoms with Gasteiger partial charge in [0.25, 0.3) is 0 Å². The molecule has 2 aliphatic rings. The Balaban J connectivity index is 1.63. The minimum atomic E-state index is -0.435. The first-order chi connectivity index (χ1) is 9.17. The normalized spacial score (nSPS) is 22.4. The topological polar surface area (TPSA) is 67.3 Å². The molecule has 1 N–H and O–H groups in total. The first-order valence-corrected chi connectivity index (χ1v) is 6.30. The Hall–Kier alpha value is -1.76. The third kappa shape index (κ3) is 2.51. The number of hydrogen-bond donors (Lipinski definition) is 1. The van der Waals surface area contributed by atoms with E-state index < -0.39 is 5.82 Å². The van der Waals surface area contributed by atoms with E-state index >= 15 is 0 Å². The fraction of sp³-hybridized carbons (Fsp3) is 0.583. The quantitative estimate of drug-likeness (QED) is 0.781. The molecule has 2 saturated heterocycles. The molecule has 0 bridgehead atoms. The highest BCUT2D eigenvalue weighted by atomic mass is 19.1. The standard InChI is InChI=1S/C12H15FN4O2/c13-9-5-14-11(15-6-9)17-3-1-12(2-4-17)8-16-10(18)7-19-12/h5-6H,1-4,7-8H2,(H,16,18). The number of nitrogens with zero attached hydrogens (tertiary/aromatic N) is 3. The van der Waals surface area contributed by atoms with Crippen molar-refractivity contribution in [1.29, 1.82) is 0 Å². The van der Waals surface area contributed by atoms with Crippen molar-refractivity contribution in [2.45, 2.75) is 18.4 Å². The van der Waals surface area contributed by atoms with Gasteiger partial charge in [-0.25, -0.2) is 14.4 Å². The smallest absolute Gasteiger partial charge is 0.246 e. The second-order valence-electron chi connectivity index (χ2n) is 4.94. The minimum Gasteiger partial charge on any atom is -0.363 e. The van der Waals surface area contributed by atoms with E-state index in [4.69, 9.17) is 4.74 Å². The van der Waals surface area contributed by atoms with Gasteiger partial charge in [0.05, 0.1) is 18.0 Å². The van der Waals surface area contributed by atoms with Crippen molar-refractivity contribution in [2.75, 3.05) is 31.1 Å². The van der Waals surface area contributed by atoms with Crippen LogP contribution in [0.15, 0.2) is 12.4 Å². The van der Waals surface area contributed by atoms with E-state index in [2.05, 4.69) is 15.3 Å². The fourth-order valence-corrected chi connectivity index (χ4v) is 2.48. The Labute approximate surface area is 110 Å². The first-order valence-electron chi connectivity index (χ1n) is 6.30. The van der Waals surface area contributed by atoms with Crippen molar-refractivity contribution in [3.8, 4) is 0 Å². The van der Waals surface area contributed by atoms with Gasteiger partial charge >= 0.3 is 0 Å². The number of morpholine rings is 1. The summed E-state index contributed by atoms with van der Waals surface area (Å²) in [5.74, 6) is 0.0431. The molecule has 0 unspecified atom stereocenters. The van der Waals surface area contributed by atoms with Crippen LogP contribution in [0.5, 0.6) is 0 Å². The molecule has 1 aromatic heterocycles. The van der Waals surface area contributed by atoms with Gasteiger partial charge in [0, 0.05) is 19.6 Å². The number of carbonyl (C=O) groups excluding carboxylic acids is 1. The Morgan fingerprint density at radius 3 is 2.58 bits per heavy atom. The van der Waals surface area contributed by atoms with Crippen LogP contribution in [0.25, 0.3) is 0 Å². The molecule has 1 amide bonds. The number of ether oxygens (including phenoxy) is 1. The average Bonchev–Trinajstić information content (AvgIpc) is 2.44. The molecule has 19 heavy (non-hydrogen) atoms. The monoisotopic (exact) mass is 266 g/mol. The number of amides is 1. The van der Waals surface area contributed by atoms with Gasteiger partial charge in [-0.3, -0.25) is 4.79 Å². The average molecular weight is 266 g/mol. The lowest BCUT2D eigenvalue weighted by Gasteiger charge is -2.43. The number of piperidine rings is 1. The van der Waals surface area contributed by atoms with Gasteiger partial charge in [0.15, 0.2) is 5.82 Å². The maximum Gasteiger partial charge on any atom is 0.246 e. The van der Waals surface area contributed by atoms with Crippen LogP contribution in [-0.2, 0) is 9.53 Å². The molecule has 3 heterocycles. The zero-order valence-corrected chi connectivity index (χ0v) is 10.4. The Morgan fingerprint density at radius 2 is 2.00 bits per heavy atom. The van der Waals surface area contributed by atoms with Gasteiger partial charge in [0.1, 0.15) is 6.61 Å². The minimum absolute atomic E-state index is 0.0603. The lowest BCUT2D eigenvalue weighted by Crippen LogP contribution is -2.57. The van der Waals surface area contributed by atoms with E-state index in [1.54, 1.807) is 0 Å². The number of rotatable bonds is 1. The van der Waals surface area contributed by atoms with Gasteiger partial charge in [-0.05, 0) is 12.8 Å². The summed E-state index contributed by atoms with van der Waals surface area (Å²) in [6.45, 7) is 2.17. The van der Waals surface area contributed by atoms with Gasteiger partial charge in [-0.2, -0.15) is 0 Å². The first kappa shape index (κ1) is 12.3. The molecule has 0 aliphatic carbocycles. The molecule has 0 saturated carbocycles. The Morgan fingerprint density at radius 1 is 1.32 bits per heavy atom. The van der Waals surface area contributed by atoms with E-state index in [-0.39, 0.29) is 18.1 Å². The van der Waals surface area contributed by atoms with Gasteiger partial charge in [-0.1, -0.05) is 0 Å². The lowest BCUT2D eigenvalue weighted by atomic mass is 9.90.